The summed E-state index contributed by atoms with van der Waals surface area (Å²) in [5.41, 5.74) is 0.577. The molecule has 2 fully saturated rings. The van der Waals surface area contributed by atoms with Gasteiger partial charge in [0.2, 0.25) is 5.95 Å². The number of anilines is 2. The average molecular weight is 614 g/mol. The molecule has 2 aromatic heterocycles. The highest BCUT2D eigenvalue weighted by atomic mass is 32.5. The lowest BCUT2D eigenvalue weighted by molar-refractivity contribution is -0.155. The number of alkyl halides is 2. The lowest BCUT2D eigenvalue weighted by Crippen LogP contribution is -2.45. The molecular formula is C24H30F2N7O6PS. The van der Waals surface area contributed by atoms with Crippen molar-refractivity contribution in [3.63, 3.8) is 0 Å². The summed E-state index contributed by atoms with van der Waals surface area (Å²) >= 11 is 5.60. The summed E-state index contributed by atoms with van der Waals surface area (Å²) in [6.07, 6.45) is -2.43. The Hall–Kier alpha value is -3.01. The van der Waals surface area contributed by atoms with Crippen LogP contribution >= 0.6 is 6.64 Å². The van der Waals surface area contributed by atoms with Crippen molar-refractivity contribution < 1.29 is 37.2 Å². The smallest absolute Gasteiger partial charge is 0.323 e. The zero-order chi connectivity index (χ0) is 30.0. The largest absolute Gasteiger partial charge is 0.465 e. The molecule has 1 saturated heterocycles. The van der Waals surface area contributed by atoms with Crippen molar-refractivity contribution in [2.75, 3.05) is 31.3 Å². The van der Waals surface area contributed by atoms with Crippen LogP contribution in [-0.2, 0) is 30.6 Å². The minimum absolute atomic E-state index is 0.0727. The number of fused-ring (bicyclic) bond motifs is 2. The van der Waals surface area contributed by atoms with Gasteiger partial charge < -0.3 is 29.7 Å². The minimum atomic E-state index is -3.83. The summed E-state index contributed by atoms with van der Waals surface area (Å²) in [7, 11) is 3.42. The highest BCUT2D eigenvalue weighted by Crippen LogP contribution is 2.73. The Kier molecular flexibility index (Phi) is 7.24. The molecule has 2 unspecified atom stereocenters. The van der Waals surface area contributed by atoms with E-state index in [2.05, 4.69) is 20.0 Å². The Bertz CT molecular complexity index is 1530. The number of aliphatic hydroxyl groups is 1. The molecule has 0 amide bonds. The Morgan fingerprint density at radius 3 is 2.61 bits per heavy atom. The van der Waals surface area contributed by atoms with Crippen molar-refractivity contribution in [2.45, 2.75) is 56.3 Å². The Morgan fingerprint density at radius 2 is 2.02 bits per heavy atom. The first-order valence-electron chi connectivity index (χ1n) is 12.6. The Balaban J connectivity index is 1.46. The molecule has 1 aromatic carbocycles. The Labute approximate surface area is 239 Å². The van der Waals surface area contributed by atoms with Crippen LogP contribution in [0, 0.1) is 0 Å². The fraction of sp³-hybridized carbons (Fsp3) is 0.500. The van der Waals surface area contributed by atoms with Gasteiger partial charge in [0.1, 0.15) is 11.8 Å². The van der Waals surface area contributed by atoms with Crippen LogP contribution in [0.3, 0.4) is 0 Å². The van der Waals surface area contributed by atoms with Gasteiger partial charge in [0.25, 0.3) is 5.85 Å². The summed E-state index contributed by atoms with van der Waals surface area (Å²) in [5, 5.41) is 14.1. The van der Waals surface area contributed by atoms with E-state index in [1.165, 1.54) is 13.3 Å². The molecule has 0 radical (unpaired) electrons. The number of hydrogen-bond donors (Lipinski definition) is 3. The number of imidazole rings is 1. The number of para-hydroxylation sites is 1. The standard InChI is InChI=1S/C24H30F2N7O6PS/c1-6-36-18(34)13(2)31-40(41,38-14-10-8-7-9-11-14)39-19-23(35)22(3,25)20(37-24(19,23)26)33-12-28-15-16(32(4)5)29-21(27)30-17(15)33/h7-13,19-20,35H,6H2,1-5H3,(H,31,41)(H2,27,29,30)/t13-,19?,20+,22-,23-,24+,40?/m0/s1. The molecule has 5 rings (SSSR count). The van der Waals surface area contributed by atoms with Gasteiger partial charge >= 0.3 is 12.6 Å². The fourth-order valence-electron chi connectivity index (χ4n) is 4.83. The lowest BCUT2D eigenvalue weighted by Gasteiger charge is -2.32. The monoisotopic (exact) mass is 613 g/mol. The minimum Gasteiger partial charge on any atom is -0.465 e. The van der Waals surface area contributed by atoms with E-state index in [0.29, 0.717) is 5.82 Å². The molecule has 1 aliphatic carbocycles. The molecule has 3 heterocycles. The van der Waals surface area contributed by atoms with Crippen molar-refractivity contribution in [2.24, 2.45) is 0 Å². The van der Waals surface area contributed by atoms with E-state index in [1.807, 2.05) is 0 Å². The van der Waals surface area contributed by atoms with Crippen molar-refractivity contribution in [3.05, 3.63) is 36.7 Å². The molecule has 0 spiro atoms. The summed E-state index contributed by atoms with van der Waals surface area (Å²) in [4.78, 5) is 26.5. The van der Waals surface area contributed by atoms with E-state index in [1.54, 1.807) is 56.3 Å². The van der Waals surface area contributed by atoms with Crippen LogP contribution in [-0.4, -0.2) is 80.6 Å². The number of carbonyl (C=O) groups excluding carboxylic acids is 1. The average Bonchev–Trinajstić information content (AvgIpc) is 3.15. The van der Waals surface area contributed by atoms with E-state index < -0.39 is 48.1 Å². The molecule has 2 aliphatic rings. The SMILES string of the molecule is CCOC(=O)[C@H](C)NP(=S)(Oc1ccccc1)OC1[C@]2(O)[C@@](C)(F)[C@H](n3cnc4c(N(C)C)nc(N)nc43)O[C@]12F. The van der Waals surface area contributed by atoms with Crippen molar-refractivity contribution in [1.29, 1.82) is 0 Å². The lowest BCUT2D eigenvalue weighted by atomic mass is 9.97. The van der Waals surface area contributed by atoms with E-state index in [4.69, 9.17) is 36.1 Å². The van der Waals surface area contributed by atoms with Crippen LogP contribution in [0.5, 0.6) is 5.75 Å². The number of nitrogens with one attached hydrogen (secondary N) is 1. The molecule has 0 bridgehead atoms. The number of carbonyl (C=O) groups is 1. The second-order valence-electron chi connectivity index (χ2n) is 10.1. The molecule has 7 atom stereocenters. The third-order valence-corrected chi connectivity index (χ3v) is 9.39. The number of nitrogens with zero attached hydrogens (tertiary/aromatic N) is 5. The molecule has 13 nitrogen and oxygen atoms in total. The van der Waals surface area contributed by atoms with Crippen LogP contribution in [0.25, 0.3) is 11.2 Å². The molecule has 3 aromatic rings. The van der Waals surface area contributed by atoms with Crippen molar-refractivity contribution >= 4 is 47.3 Å². The second-order valence-corrected chi connectivity index (χ2v) is 13.2. The van der Waals surface area contributed by atoms with Gasteiger partial charge in [-0.05, 0) is 44.7 Å². The Morgan fingerprint density at radius 1 is 1.34 bits per heavy atom. The van der Waals surface area contributed by atoms with Gasteiger partial charge in [0, 0.05) is 14.1 Å². The van der Waals surface area contributed by atoms with Gasteiger partial charge in [0.15, 0.2) is 40.6 Å². The van der Waals surface area contributed by atoms with E-state index in [0.717, 1.165) is 11.5 Å². The molecule has 1 aliphatic heterocycles. The fourth-order valence-corrected chi connectivity index (χ4v) is 7.52. The number of esters is 1. The molecule has 1 saturated carbocycles. The van der Waals surface area contributed by atoms with Crippen molar-refractivity contribution in [1.82, 2.24) is 24.6 Å². The number of ether oxygens (including phenoxy) is 2. The maximum absolute atomic E-state index is 16.5. The van der Waals surface area contributed by atoms with E-state index in [9.17, 15) is 9.90 Å². The highest BCUT2D eigenvalue weighted by Gasteiger charge is 2.96. The molecule has 41 heavy (non-hydrogen) atoms. The van der Waals surface area contributed by atoms with Gasteiger partial charge in [-0.3, -0.25) is 13.9 Å². The second kappa shape index (κ2) is 10.1. The highest BCUT2D eigenvalue weighted by molar-refractivity contribution is 8.09. The number of nitrogens with two attached hydrogens (primary N) is 1. The van der Waals surface area contributed by atoms with Crippen LogP contribution in [0.4, 0.5) is 20.5 Å². The summed E-state index contributed by atoms with van der Waals surface area (Å²) in [6, 6.07) is 7.17. The predicted octanol–water partition coefficient (Wildman–Crippen LogP) is 2.37. The third-order valence-electron chi connectivity index (χ3n) is 6.95. The number of hydrogen-bond acceptors (Lipinski definition) is 12. The number of aromatic nitrogens is 4. The number of rotatable bonds is 10. The maximum Gasteiger partial charge on any atom is 0.323 e. The summed E-state index contributed by atoms with van der Waals surface area (Å²) in [6.45, 7) is 0.333. The van der Waals surface area contributed by atoms with Gasteiger partial charge in [-0.1, -0.05) is 18.2 Å². The normalized spacial score (nSPS) is 30.8. The topological polar surface area (TPSA) is 159 Å². The first kappa shape index (κ1) is 29.5. The summed E-state index contributed by atoms with van der Waals surface area (Å²) < 4.78 is 56.2. The van der Waals surface area contributed by atoms with E-state index >= 15 is 8.78 Å². The zero-order valence-electron chi connectivity index (χ0n) is 22.8. The first-order chi connectivity index (χ1) is 19.2. The molecule has 222 valence electrons. The third kappa shape index (κ3) is 4.62. The van der Waals surface area contributed by atoms with Crippen LogP contribution in [0.1, 0.15) is 27.0 Å². The summed E-state index contributed by atoms with van der Waals surface area (Å²) in [5.74, 6) is -3.23. The number of nitrogen functional groups attached to an aromatic ring is 1. The number of halogens is 2. The molecule has 4 N–H and O–H groups in total. The van der Waals surface area contributed by atoms with Gasteiger partial charge in [0.05, 0.1) is 12.9 Å². The molecular weight excluding hydrogens is 583 g/mol. The van der Waals surface area contributed by atoms with Gasteiger partial charge in [-0.15, -0.1) is 0 Å². The van der Waals surface area contributed by atoms with Gasteiger partial charge in [-0.2, -0.15) is 9.97 Å². The molecule has 17 heteroatoms. The predicted molar refractivity (Wildman–Crippen MR) is 148 cm³/mol. The van der Waals surface area contributed by atoms with Crippen LogP contribution < -0.4 is 20.2 Å². The van der Waals surface area contributed by atoms with Crippen LogP contribution in [0.15, 0.2) is 36.7 Å². The quantitative estimate of drug-likeness (QED) is 0.226. The van der Waals surface area contributed by atoms with E-state index in [-0.39, 0.29) is 29.5 Å². The van der Waals surface area contributed by atoms with Crippen molar-refractivity contribution in [3.8, 4) is 5.75 Å². The maximum atomic E-state index is 16.5. The zero-order valence-corrected chi connectivity index (χ0v) is 24.5. The first-order valence-corrected chi connectivity index (χ1v) is 15.2. The van der Waals surface area contributed by atoms with Gasteiger partial charge in [-0.25, -0.2) is 18.9 Å². The number of benzene rings is 1. The van der Waals surface area contributed by atoms with Crippen LogP contribution in [0.2, 0.25) is 0 Å².